The fourth-order valence-electron chi connectivity index (χ4n) is 3.37. The Hall–Kier alpha value is -2.28. The molecule has 2 aromatic rings. The molecule has 1 aromatic heterocycles. The molecular weight excluding hydrogens is 350 g/mol. The van der Waals surface area contributed by atoms with Crippen molar-refractivity contribution in [2.75, 3.05) is 19.0 Å². The minimum absolute atomic E-state index is 0.307. The van der Waals surface area contributed by atoms with Crippen molar-refractivity contribution in [3.8, 4) is 5.75 Å². The van der Waals surface area contributed by atoms with E-state index in [-0.39, 0.29) is 0 Å². The summed E-state index contributed by atoms with van der Waals surface area (Å²) in [5, 5.41) is 7.93. The number of aromatic amines is 1. The van der Waals surface area contributed by atoms with Crippen molar-refractivity contribution in [2.24, 2.45) is 0 Å². The fraction of sp³-hybridized carbons (Fsp3) is 0.474. The molecular formula is C19H25N3O3S. The molecule has 1 heterocycles. The molecule has 0 radical (unpaired) electrons. The Morgan fingerprint density at radius 1 is 1.31 bits per heavy atom. The van der Waals surface area contributed by atoms with Crippen LogP contribution in [0.4, 0.5) is 5.69 Å². The van der Waals surface area contributed by atoms with Crippen LogP contribution in [0.2, 0.25) is 0 Å². The maximum Gasteiger partial charge on any atom is 0.356 e. The number of methoxy groups -OCH3 is 1. The molecule has 7 heteroatoms. The van der Waals surface area contributed by atoms with Gasteiger partial charge in [-0.1, -0.05) is 19.3 Å². The smallest absolute Gasteiger partial charge is 0.356 e. The quantitative estimate of drug-likeness (QED) is 0.542. The first-order valence-electron chi connectivity index (χ1n) is 9.06. The average Bonchev–Trinajstić information content (AvgIpc) is 3.00. The molecule has 0 spiro atoms. The Morgan fingerprint density at radius 2 is 2.08 bits per heavy atom. The molecule has 0 bridgehead atoms. The van der Waals surface area contributed by atoms with Crippen LogP contribution < -0.4 is 15.4 Å². The number of benzene rings is 1. The SMILES string of the molecule is CCOC(=O)c1[nH]c2ccc(OC)cc2c1NC(=S)NC1CCCCC1. The van der Waals surface area contributed by atoms with E-state index in [1.807, 2.05) is 18.2 Å². The summed E-state index contributed by atoms with van der Waals surface area (Å²) in [4.78, 5) is 15.5. The summed E-state index contributed by atoms with van der Waals surface area (Å²) in [5.74, 6) is 0.298. The summed E-state index contributed by atoms with van der Waals surface area (Å²) in [6, 6.07) is 5.98. The molecule has 1 saturated carbocycles. The van der Waals surface area contributed by atoms with Crippen molar-refractivity contribution >= 4 is 39.9 Å². The summed E-state index contributed by atoms with van der Waals surface area (Å²) in [5.41, 5.74) is 1.80. The summed E-state index contributed by atoms with van der Waals surface area (Å²) < 4.78 is 10.5. The molecule has 0 saturated heterocycles. The number of carbonyl (C=O) groups is 1. The van der Waals surface area contributed by atoms with Crippen LogP contribution in [0.1, 0.15) is 49.5 Å². The standard InChI is InChI=1S/C19H25N3O3S/c1-3-25-18(23)17-16(14-11-13(24-2)9-10-15(14)21-17)22-19(26)20-12-7-5-4-6-8-12/h9-12,21H,3-8H2,1-2H3,(H2,20,22,26). The van der Waals surface area contributed by atoms with Gasteiger partial charge < -0.3 is 25.1 Å². The molecule has 1 fully saturated rings. The van der Waals surface area contributed by atoms with E-state index in [0.717, 1.165) is 23.7 Å². The van der Waals surface area contributed by atoms with Gasteiger partial charge in [0.25, 0.3) is 0 Å². The van der Waals surface area contributed by atoms with E-state index in [0.29, 0.717) is 34.9 Å². The largest absolute Gasteiger partial charge is 0.497 e. The van der Waals surface area contributed by atoms with E-state index in [9.17, 15) is 4.79 Å². The zero-order chi connectivity index (χ0) is 18.5. The first-order valence-corrected chi connectivity index (χ1v) is 9.47. The Labute approximate surface area is 158 Å². The Morgan fingerprint density at radius 3 is 2.77 bits per heavy atom. The van der Waals surface area contributed by atoms with Crippen LogP contribution in [-0.2, 0) is 4.74 Å². The van der Waals surface area contributed by atoms with E-state index in [2.05, 4.69) is 15.6 Å². The zero-order valence-electron chi connectivity index (χ0n) is 15.2. The van der Waals surface area contributed by atoms with Gasteiger partial charge in [0.05, 0.1) is 19.4 Å². The molecule has 6 nitrogen and oxygen atoms in total. The highest BCUT2D eigenvalue weighted by atomic mass is 32.1. The molecule has 0 amide bonds. The van der Waals surface area contributed by atoms with Crippen molar-refractivity contribution < 1.29 is 14.3 Å². The lowest BCUT2D eigenvalue weighted by atomic mass is 9.96. The second kappa shape index (κ2) is 8.40. The lowest BCUT2D eigenvalue weighted by Gasteiger charge is -2.24. The van der Waals surface area contributed by atoms with E-state index in [1.165, 1.54) is 19.3 Å². The highest BCUT2D eigenvalue weighted by molar-refractivity contribution is 7.80. The number of aromatic nitrogens is 1. The molecule has 3 rings (SSSR count). The van der Waals surface area contributed by atoms with Gasteiger partial charge >= 0.3 is 5.97 Å². The minimum Gasteiger partial charge on any atom is -0.497 e. The van der Waals surface area contributed by atoms with Gasteiger partial charge in [0.1, 0.15) is 11.4 Å². The number of ether oxygens (including phenoxy) is 2. The van der Waals surface area contributed by atoms with Crippen LogP contribution in [0.15, 0.2) is 18.2 Å². The summed E-state index contributed by atoms with van der Waals surface area (Å²) in [6.07, 6.45) is 5.97. The average molecular weight is 375 g/mol. The van der Waals surface area contributed by atoms with Crippen molar-refractivity contribution in [3.05, 3.63) is 23.9 Å². The van der Waals surface area contributed by atoms with Crippen LogP contribution in [0.5, 0.6) is 5.75 Å². The Balaban J connectivity index is 1.88. The van der Waals surface area contributed by atoms with Gasteiger partial charge in [-0.15, -0.1) is 0 Å². The monoisotopic (exact) mass is 375 g/mol. The molecule has 0 aliphatic heterocycles. The molecule has 1 aliphatic carbocycles. The third-order valence-corrected chi connectivity index (χ3v) is 4.88. The third kappa shape index (κ3) is 4.09. The predicted molar refractivity (Wildman–Crippen MR) is 107 cm³/mol. The summed E-state index contributed by atoms with van der Waals surface area (Å²) in [6.45, 7) is 2.09. The van der Waals surface area contributed by atoms with Gasteiger partial charge in [-0.3, -0.25) is 0 Å². The second-order valence-electron chi connectivity index (χ2n) is 6.44. The summed E-state index contributed by atoms with van der Waals surface area (Å²) in [7, 11) is 1.61. The highest BCUT2D eigenvalue weighted by Gasteiger charge is 2.21. The van der Waals surface area contributed by atoms with Crippen LogP contribution in [-0.4, -0.2) is 35.8 Å². The van der Waals surface area contributed by atoms with Crippen molar-refractivity contribution in [3.63, 3.8) is 0 Å². The maximum absolute atomic E-state index is 12.4. The van der Waals surface area contributed by atoms with Gasteiger partial charge in [0, 0.05) is 16.9 Å². The topological polar surface area (TPSA) is 75.4 Å². The number of rotatable bonds is 5. The lowest BCUT2D eigenvalue weighted by molar-refractivity contribution is 0.0522. The molecule has 1 aromatic carbocycles. The normalized spacial score (nSPS) is 14.8. The number of carbonyl (C=O) groups excluding carboxylic acids is 1. The predicted octanol–water partition coefficient (Wildman–Crippen LogP) is 3.97. The van der Waals surface area contributed by atoms with Crippen molar-refractivity contribution in [1.82, 2.24) is 10.3 Å². The van der Waals surface area contributed by atoms with Gasteiger partial charge in [0.15, 0.2) is 5.11 Å². The van der Waals surface area contributed by atoms with Gasteiger partial charge in [-0.25, -0.2) is 4.79 Å². The first-order chi connectivity index (χ1) is 12.6. The number of hydrogen-bond acceptors (Lipinski definition) is 4. The van der Waals surface area contributed by atoms with E-state index in [1.54, 1.807) is 14.0 Å². The molecule has 3 N–H and O–H groups in total. The number of fused-ring (bicyclic) bond motifs is 1. The minimum atomic E-state index is -0.411. The van der Waals surface area contributed by atoms with Crippen LogP contribution in [0.3, 0.4) is 0 Å². The van der Waals surface area contributed by atoms with E-state index < -0.39 is 5.97 Å². The number of thiocarbonyl (C=S) groups is 1. The molecule has 140 valence electrons. The van der Waals surface area contributed by atoms with E-state index in [4.69, 9.17) is 21.7 Å². The molecule has 0 unspecified atom stereocenters. The van der Waals surface area contributed by atoms with Gasteiger partial charge in [-0.05, 0) is 50.2 Å². The lowest BCUT2D eigenvalue weighted by Crippen LogP contribution is -2.39. The number of H-pyrrole nitrogens is 1. The van der Waals surface area contributed by atoms with Gasteiger partial charge in [-0.2, -0.15) is 0 Å². The second-order valence-corrected chi connectivity index (χ2v) is 6.85. The molecule has 0 atom stereocenters. The number of hydrogen-bond donors (Lipinski definition) is 3. The number of anilines is 1. The van der Waals surface area contributed by atoms with E-state index >= 15 is 0 Å². The van der Waals surface area contributed by atoms with Gasteiger partial charge in [0.2, 0.25) is 0 Å². The highest BCUT2D eigenvalue weighted by Crippen LogP contribution is 2.31. The number of esters is 1. The van der Waals surface area contributed by atoms with Crippen molar-refractivity contribution in [2.45, 2.75) is 45.1 Å². The van der Waals surface area contributed by atoms with Crippen LogP contribution >= 0.6 is 12.2 Å². The summed E-state index contributed by atoms with van der Waals surface area (Å²) >= 11 is 5.50. The van der Waals surface area contributed by atoms with Crippen LogP contribution in [0, 0.1) is 0 Å². The molecule has 26 heavy (non-hydrogen) atoms. The molecule has 1 aliphatic rings. The van der Waals surface area contributed by atoms with Crippen LogP contribution in [0.25, 0.3) is 10.9 Å². The first kappa shape index (κ1) is 18.5. The van der Waals surface area contributed by atoms with Crippen molar-refractivity contribution in [1.29, 1.82) is 0 Å². The maximum atomic E-state index is 12.4. The Bertz CT molecular complexity index is 797. The number of nitrogens with one attached hydrogen (secondary N) is 3. The third-order valence-electron chi connectivity index (χ3n) is 4.66. The Kier molecular flexibility index (Phi) is 5.98. The zero-order valence-corrected chi connectivity index (χ0v) is 16.0. The fourth-order valence-corrected chi connectivity index (χ4v) is 3.63.